The van der Waals surface area contributed by atoms with Crippen LogP contribution in [-0.2, 0) is 14.9 Å². The summed E-state index contributed by atoms with van der Waals surface area (Å²) in [6.45, 7) is 4.56. The molecule has 0 saturated carbocycles. The van der Waals surface area contributed by atoms with Crippen LogP contribution in [0.3, 0.4) is 0 Å². The molecule has 0 spiro atoms. The van der Waals surface area contributed by atoms with Crippen LogP contribution < -0.4 is 0 Å². The Labute approximate surface area is 127 Å². The van der Waals surface area contributed by atoms with Crippen molar-refractivity contribution in [2.75, 3.05) is 19.7 Å². The zero-order valence-corrected chi connectivity index (χ0v) is 12.9. The van der Waals surface area contributed by atoms with Crippen molar-refractivity contribution in [3.05, 3.63) is 35.9 Å². The summed E-state index contributed by atoms with van der Waals surface area (Å²) in [6, 6.07) is 10.8. The van der Waals surface area contributed by atoms with Crippen molar-refractivity contribution >= 4 is 5.97 Å². The van der Waals surface area contributed by atoms with Crippen LogP contribution in [0.4, 0.5) is 0 Å². The van der Waals surface area contributed by atoms with Crippen molar-refractivity contribution in [3.63, 3.8) is 0 Å². The van der Waals surface area contributed by atoms with Gasteiger partial charge >= 0.3 is 5.97 Å². The zero-order valence-electron chi connectivity index (χ0n) is 12.9. The number of carbonyl (C=O) groups excluding carboxylic acids is 1. The van der Waals surface area contributed by atoms with Gasteiger partial charge < -0.3 is 9.64 Å². The van der Waals surface area contributed by atoms with Gasteiger partial charge in [0.05, 0.1) is 12.0 Å². The Morgan fingerprint density at radius 3 is 2.86 bits per heavy atom. The normalized spacial score (nSPS) is 29.7. The van der Waals surface area contributed by atoms with Crippen molar-refractivity contribution in [1.29, 1.82) is 0 Å². The largest absolute Gasteiger partial charge is 0.465 e. The summed E-state index contributed by atoms with van der Waals surface area (Å²) < 4.78 is 5.46. The summed E-state index contributed by atoms with van der Waals surface area (Å²) in [5.41, 5.74) is 0.698. The van der Waals surface area contributed by atoms with E-state index in [0.717, 1.165) is 24.9 Å². The Kier molecular flexibility index (Phi) is 4.29. The number of hydrogen-bond donors (Lipinski definition) is 0. The van der Waals surface area contributed by atoms with Crippen LogP contribution in [0.25, 0.3) is 0 Å². The fourth-order valence-corrected chi connectivity index (χ4v) is 4.02. The van der Waals surface area contributed by atoms with Gasteiger partial charge in [0.1, 0.15) is 0 Å². The predicted molar refractivity (Wildman–Crippen MR) is 83.2 cm³/mol. The van der Waals surface area contributed by atoms with Crippen molar-refractivity contribution in [2.24, 2.45) is 0 Å². The molecule has 21 heavy (non-hydrogen) atoms. The Hall–Kier alpha value is -1.35. The second-order valence-corrected chi connectivity index (χ2v) is 6.31. The molecule has 2 fully saturated rings. The van der Waals surface area contributed by atoms with Gasteiger partial charge in [0.25, 0.3) is 0 Å². The van der Waals surface area contributed by atoms with Gasteiger partial charge in [-0.05, 0) is 51.3 Å². The number of ether oxygens (including phenoxy) is 1. The molecule has 0 radical (unpaired) electrons. The number of carbonyl (C=O) groups is 1. The number of benzene rings is 1. The number of hydrogen-bond acceptors (Lipinski definition) is 3. The van der Waals surface area contributed by atoms with Crippen LogP contribution in [0.5, 0.6) is 0 Å². The quantitative estimate of drug-likeness (QED) is 0.800. The molecule has 0 aliphatic carbocycles. The minimum atomic E-state index is -0.435. The molecule has 2 aliphatic heterocycles. The summed E-state index contributed by atoms with van der Waals surface area (Å²) in [4.78, 5) is 15.3. The second kappa shape index (κ2) is 6.18. The predicted octanol–water partition coefficient (Wildman–Crippen LogP) is 3.14. The fourth-order valence-electron chi connectivity index (χ4n) is 4.02. The average Bonchev–Trinajstić information content (AvgIpc) is 2.55. The first-order valence-corrected chi connectivity index (χ1v) is 8.23. The van der Waals surface area contributed by atoms with E-state index >= 15 is 0 Å². The summed E-state index contributed by atoms with van der Waals surface area (Å²) in [7, 11) is 0. The molecule has 0 amide bonds. The van der Waals surface area contributed by atoms with Crippen molar-refractivity contribution < 1.29 is 9.53 Å². The lowest BCUT2D eigenvalue weighted by atomic mass is 9.69. The summed E-state index contributed by atoms with van der Waals surface area (Å²) >= 11 is 0. The Morgan fingerprint density at radius 2 is 2.10 bits per heavy atom. The molecule has 0 bridgehead atoms. The zero-order chi connectivity index (χ0) is 14.7. The van der Waals surface area contributed by atoms with E-state index < -0.39 is 5.41 Å². The van der Waals surface area contributed by atoms with Crippen molar-refractivity contribution in [2.45, 2.75) is 50.5 Å². The summed E-state index contributed by atoms with van der Waals surface area (Å²) in [5, 5.41) is 0. The lowest BCUT2D eigenvalue weighted by Gasteiger charge is -2.47. The molecule has 3 nitrogen and oxygen atoms in total. The highest BCUT2D eigenvalue weighted by molar-refractivity contribution is 5.83. The van der Waals surface area contributed by atoms with Crippen LogP contribution in [0.2, 0.25) is 0 Å². The minimum Gasteiger partial charge on any atom is -0.465 e. The van der Waals surface area contributed by atoms with Gasteiger partial charge in [0.15, 0.2) is 0 Å². The maximum Gasteiger partial charge on any atom is 0.316 e. The third-order valence-electron chi connectivity index (χ3n) is 5.15. The number of rotatable bonds is 3. The molecule has 2 saturated heterocycles. The lowest BCUT2D eigenvalue weighted by Crippen LogP contribution is -2.54. The van der Waals surface area contributed by atoms with Gasteiger partial charge in [0, 0.05) is 6.04 Å². The highest BCUT2D eigenvalue weighted by Gasteiger charge is 2.47. The van der Waals surface area contributed by atoms with Crippen LogP contribution in [0, 0.1) is 0 Å². The number of piperidine rings is 2. The van der Waals surface area contributed by atoms with E-state index in [1.165, 1.54) is 25.8 Å². The first-order valence-electron chi connectivity index (χ1n) is 8.23. The van der Waals surface area contributed by atoms with E-state index in [4.69, 9.17) is 4.74 Å². The molecule has 1 aromatic carbocycles. The van der Waals surface area contributed by atoms with Gasteiger partial charge in [-0.25, -0.2) is 0 Å². The number of esters is 1. The third kappa shape index (κ3) is 2.71. The molecular formula is C18H25NO2. The number of fused-ring (bicyclic) bond motifs is 1. The minimum absolute atomic E-state index is 0.0265. The Morgan fingerprint density at radius 1 is 1.29 bits per heavy atom. The lowest BCUT2D eigenvalue weighted by molar-refractivity contribution is -0.153. The van der Waals surface area contributed by atoms with Crippen LogP contribution in [-0.4, -0.2) is 36.6 Å². The van der Waals surface area contributed by atoms with Gasteiger partial charge in [-0.3, -0.25) is 4.79 Å². The van der Waals surface area contributed by atoms with E-state index in [0.29, 0.717) is 12.6 Å². The summed E-state index contributed by atoms with van der Waals surface area (Å²) in [6.07, 6.45) is 5.60. The molecule has 0 N–H and O–H groups in total. The molecule has 1 aromatic rings. The first kappa shape index (κ1) is 14.6. The molecule has 114 valence electrons. The van der Waals surface area contributed by atoms with E-state index in [9.17, 15) is 4.79 Å². The number of nitrogens with zero attached hydrogens (tertiary/aromatic N) is 1. The van der Waals surface area contributed by atoms with Crippen LogP contribution >= 0.6 is 0 Å². The van der Waals surface area contributed by atoms with E-state index in [1.807, 2.05) is 25.1 Å². The highest BCUT2D eigenvalue weighted by Crippen LogP contribution is 2.41. The van der Waals surface area contributed by atoms with E-state index in [2.05, 4.69) is 17.0 Å². The van der Waals surface area contributed by atoms with E-state index in [-0.39, 0.29) is 5.97 Å². The highest BCUT2D eigenvalue weighted by atomic mass is 16.5. The molecule has 2 atom stereocenters. The smallest absolute Gasteiger partial charge is 0.316 e. The monoisotopic (exact) mass is 287 g/mol. The molecule has 3 heteroatoms. The maximum atomic E-state index is 12.8. The summed E-state index contributed by atoms with van der Waals surface area (Å²) in [5.74, 6) is -0.0265. The second-order valence-electron chi connectivity index (χ2n) is 6.31. The average molecular weight is 287 g/mol. The molecule has 2 heterocycles. The third-order valence-corrected chi connectivity index (χ3v) is 5.15. The van der Waals surface area contributed by atoms with Gasteiger partial charge in [-0.2, -0.15) is 0 Å². The first-order chi connectivity index (χ1) is 10.3. The SMILES string of the molecule is CCOC(=O)[C@@]1(c2ccccc2)CCN2CCCC[C@H]2C1. The molecular weight excluding hydrogens is 262 g/mol. The Balaban J connectivity index is 1.92. The maximum absolute atomic E-state index is 12.8. The van der Waals surface area contributed by atoms with Crippen LogP contribution in [0.1, 0.15) is 44.6 Å². The Bertz CT molecular complexity index is 487. The topological polar surface area (TPSA) is 29.5 Å². The van der Waals surface area contributed by atoms with Gasteiger partial charge in [0.2, 0.25) is 0 Å². The van der Waals surface area contributed by atoms with Crippen LogP contribution in [0.15, 0.2) is 30.3 Å². The van der Waals surface area contributed by atoms with Gasteiger partial charge in [-0.1, -0.05) is 36.8 Å². The fraction of sp³-hybridized carbons (Fsp3) is 0.611. The molecule has 2 aliphatic rings. The molecule has 0 aromatic heterocycles. The van der Waals surface area contributed by atoms with E-state index in [1.54, 1.807) is 0 Å². The molecule has 3 rings (SSSR count). The van der Waals surface area contributed by atoms with Gasteiger partial charge in [-0.15, -0.1) is 0 Å². The van der Waals surface area contributed by atoms with Crippen molar-refractivity contribution in [3.8, 4) is 0 Å². The molecule has 0 unspecified atom stereocenters. The van der Waals surface area contributed by atoms with Crippen molar-refractivity contribution in [1.82, 2.24) is 4.90 Å². The standard InChI is InChI=1S/C18H25NO2/c1-2-21-17(20)18(15-8-4-3-5-9-15)11-13-19-12-7-6-10-16(19)14-18/h3-5,8-9,16H,2,6-7,10-14H2,1H3/t16-,18-/m0/s1.